The third-order valence-electron chi connectivity index (χ3n) is 2.95. The van der Waals surface area contributed by atoms with Gasteiger partial charge in [0.05, 0.1) is 14.2 Å². The standard InChI is InChI=1S/C15H25N3O3/c1-16-15(17-8-5-9-19-2)18-11-12-6-7-13(20-3)14(10-12)21-4/h6-7,10H,5,8-9,11H2,1-4H3,(H2,16,17,18). The Labute approximate surface area is 126 Å². The molecule has 0 radical (unpaired) electrons. The number of nitrogens with one attached hydrogen (secondary N) is 2. The van der Waals surface area contributed by atoms with E-state index >= 15 is 0 Å². The molecular formula is C15H25N3O3. The van der Waals surface area contributed by atoms with E-state index in [2.05, 4.69) is 15.6 Å². The van der Waals surface area contributed by atoms with Crippen LogP contribution in [-0.2, 0) is 11.3 Å². The van der Waals surface area contributed by atoms with Gasteiger partial charge in [-0.1, -0.05) is 6.07 Å². The maximum absolute atomic E-state index is 5.29. The van der Waals surface area contributed by atoms with Gasteiger partial charge in [0.1, 0.15) is 0 Å². The van der Waals surface area contributed by atoms with Crippen LogP contribution in [0, 0.1) is 0 Å². The van der Waals surface area contributed by atoms with Crippen LogP contribution >= 0.6 is 0 Å². The first-order valence-corrected chi connectivity index (χ1v) is 6.89. The SMILES string of the molecule is CN=C(NCCCOC)NCc1ccc(OC)c(OC)c1. The fourth-order valence-corrected chi connectivity index (χ4v) is 1.82. The average molecular weight is 295 g/mol. The molecule has 118 valence electrons. The number of nitrogens with zero attached hydrogens (tertiary/aromatic N) is 1. The van der Waals surface area contributed by atoms with E-state index in [1.807, 2.05) is 18.2 Å². The lowest BCUT2D eigenvalue weighted by Crippen LogP contribution is -2.37. The smallest absolute Gasteiger partial charge is 0.191 e. The summed E-state index contributed by atoms with van der Waals surface area (Å²) in [6, 6.07) is 5.83. The summed E-state index contributed by atoms with van der Waals surface area (Å²) >= 11 is 0. The Balaban J connectivity index is 2.49. The molecule has 21 heavy (non-hydrogen) atoms. The van der Waals surface area contributed by atoms with Crippen LogP contribution in [0.4, 0.5) is 0 Å². The molecule has 0 unspecified atom stereocenters. The van der Waals surface area contributed by atoms with Crippen LogP contribution < -0.4 is 20.1 Å². The van der Waals surface area contributed by atoms with Crippen molar-refractivity contribution in [3.63, 3.8) is 0 Å². The predicted molar refractivity (Wildman–Crippen MR) is 84.2 cm³/mol. The van der Waals surface area contributed by atoms with E-state index in [1.165, 1.54) is 0 Å². The van der Waals surface area contributed by atoms with Gasteiger partial charge < -0.3 is 24.8 Å². The fourth-order valence-electron chi connectivity index (χ4n) is 1.82. The summed E-state index contributed by atoms with van der Waals surface area (Å²) in [4.78, 5) is 4.17. The largest absolute Gasteiger partial charge is 0.493 e. The van der Waals surface area contributed by atoms with Gasteiger partial charge in [-0.3, -0.25) is 4.99 Å². The van der Waals surface area contributed by atoms with Gasteiger partial charge in [-0.05, 0) is 24.1 Å². The molecule has 0 spiro atoms. The third kappa shape index (κ3) is 5.91. The highest BCUT2D eigenvalue weighted by atomic mass is 16.5. The quantitative estimate of drug-likeness (QED) is 0.431. The van der Waals surface area contributed by atoms with Crippen molar-refractivity contribution in [2.45, 2.75) is 13.0 Å². The molecule has 1 aromatic carbocycles. The molecule has 2 N–H and O–H groups in total. The number of benzene rings is 1. The monoisotopic (exact) mass is 295 g/mol. The minimum absolute atomic E-state index is 0.657. The van der Waals surface area contributed by atoms with Crippen molar-refractivity contribution >= 4 is 5.96 Å². The van der Waals surface area contributed by atoms with Gasteiger partial charge in [0, 0.05) is 33.9 Å². The molecule has 0 saturated carbocycles. The molecule has 0 saturated heterocycles. The highest BCUT2D eigenvalue weighted by Gasteiger charge is 2.05. The van der Waals surface area contributed by atoms with E-state index in [0.29, 0.717) is 6.54 Å². The van der Waals surface area contributed by atoms with Gasteiger partial charge >= 0.3 is 0 Å². The normalized spacial score (nSPS) is 11.1. The Bertz CT molecular complexity index is 450. The Morgan fingerprint density at radius 1 is 1.10 bits per heavy atom. The van der Waals surface area contributed by atoms with Crippen LogP contribution in [0.5, 0.6) is 11.5 Å². The number of ether oxygens (including phenoxy) is 3. The van der Waals surface area contributed by atoms with Crippen LogP contribution in [0.1, 0.15) is 12.0 Å². The summed E-state index contributed by atoms with van der Waals surface area (Å²) in [5.41, 5.74) is 1.09. The van der Waals surface area contributed by atoms with Crippen LogP contribution in [0.25, 0.3) is 0 Å². The van der Waals surface area contributed by atoms with Gasteiger partial charge in [0.25, 0.3) is 0 Å². The van der Waals surface area contributed by atoms with Crippen LogP contribution in [-0.4, -0.2) is 47.5 Å². The molecule has 0 atom stereocenters. The van der Waals surface area contributed by atoms with Crippen LogP contribution in [0.15, 0.2) is 23.2 Å². The Morgan fingerprint density at radius 2 is 1.86 bits per heavy atom. The zero-order chi connectivity index (χ0) is 15.5. The second-order valence-corrected chi connectivity index (χ2v) is 4.39. The van der Waals surface area contributed by atoms with Gasteiger partial charge in [-0.15, -0.1) is 0 Å². The van der Waals surface area contributed by atoms with Crippen molar-refractivity contribution in [3.8, 4) is 11.5 Å². The van der Waals surface area contributed by atoms with E-state index in [1.54, 1.807) is 28.4 Å². The summed E-state index contributed by atoms with van der Waals surface area (Å²) < 4.78 is 15.5. The highest BCUT2D eigenvalue weighted by molar-refractivity contribution is 5.79. The summed E-state index contributed by atoms with van der Waals surface area (Å²) in [5.74, 6) is 2.21. The third-order valence-corrected chi connectivity index (χ3v) is 2.95. The van der Waals surface area contributed by atoms with Gasteiger partial charge in [-0.25, -0.2) is 0 Å². The molecule has 0 aliphatic heterocycles. The minimum Gasteiger partial charge on any atom is -0.493 e. The van der Waals surface area contributed by atoms with E-state index in [0.717, 1.165) is 42.6 Å². The summed E-state index contributed by atoms with van der Waals surface area (Å²) in [7, 11) is 6.71. The second-order valence-electron chi connectivity index (χ2n) is 4.39. The van der Waals surface area contributed by atoms with Gasteiger partial charge in [-0.2, -0.15) is 0 Å². The molecule has 1 rings (SSSR count). The number of rotatable bonds is 8. The number of hydrogen-bond donors (Lipinski definition) is 2. The predicted octanol–water partition coefficient (Wildman–Crippen LogP) is 1.41. The van der Waals surface area contributed by atoms with Crippen molar-refractivity contribution in [2.75, 3.05) is 41.5 Å². The zero-order valence-electron chi connectivity index (χ0n) is 13.2. The molecule has 0 amide bonds. The Hall–Kier alpha value is -1.95. The molecule has 0 aromatic heterocycles. The van der Waals surface area contributed by atoms with Crippen molar-refractivity contribution < 1.29 is 14.2 Å². The average Bonchev–Trinajstić information content (AvgIpc) is 2.53. The van der Waals surface area contributed by atoms with Crippen molar-refractivity contribution in [1.29, 1.82) is 0 Å². The van der Waals surface area contributed by atoms with E-state index in [-0.39, 0.29) is 0 Å². The maximum Gasteiger partial charge on any atom is 0.191 e. The molecule has 0 fully saturated rings. The molecule has 6 nitrogen and oxygen atoms in total. The van der Waals surface area contributed by atoms with E-state index in [9.17, 15) is 0 Å². The topological polar surface area (TPSA) is 64.1 Å². The lowest BCUT2D eigenvalue weighted by molar-refractivity contribution is 0.195. The molecule has 0 heterocycles. The zero-order valence-corrected chi connectivity index (χ0v) is 13.2. The first-order chi connectivity index (χ1) is 10.2. The molecule has 6 heteroatoms. The van der Waals surface area contributed by atoms with Crippen molar-refractivity contribution in [2.24, 2.45) is 4.99 Å². The lowest BCUT2D eigenvalue weighted by atomic mass is 10.2. The number of guanidine groups is 1. The van der Waals surface area contributed by atoms with Crippen molar-refractivity contribution in [1.82, 2.24) is 10.6 Å². The summed E-state index contributed by atoms with van der Waals surface area (Å²) in [5, 5.41) is 6.48. The van der Waals surface area contributed by atoms with Crippen molar-refractivity contribution in [3.05, 3.63) is 23.8 Å². The molecule has 0 bridgehead atoms. The van der Waals surface area contributed by atoms with Crippen LogP contribution in [0.2, 0.25) is 0 Å². The first-order valence-electron chi connectivity index (χ1n) is 6.89. The second kappa shape index (κ2) is 9.88. The van der Waals surface area contributed by atoms with E-state index < -0.39 is 0 Å². The number of aliphatic imine (C=N–C) groups is 1. The highest BCUT2D eigenvalue weighted by Crippen LogP contribution is 2.27. The van der Waals surface area contributed by atoms with Gasteiger partial charge in [0.15, 0.2) is 17.5 Å². The molecular weight excluding hydrogens is 270 g/mol. The number of methoxy groups -OCH3 is 3. The van der Waals surface area contributed by atoms with E-state index in [4.69, 9.17) is 14.2 Å². The van der Waals surface area contributed by atoms with Crippen LogP contribution in [0.3, 0.4) is 0 Å². The first kappa shape index (κ1) is 17.1. The number of hydrogen-bond acceptors (Lipinski definition) is 4. The Morgan fingerprint density at radius 3 is 2.48 bits per heavy atom. The lowest BCUT2D eigenvalue weighted by Gasteiger charge is -2.13. The summed E-state index contributed by atoms with van der Waals surface area (Å²) in [6.07, 6.45) is 0.938. The minimum atomic E-state index is 0.657. The summed E-state index contributed by atoms with van der Waals surface area (Å²) in [6.45, 7) is 2.21. The maximum atomic E-state index is 5.29. The van der Waals surface area contributed by atoms with Gasteiger partial charge in [0.2, 0.25) is 0 Å². The molecule has 0 aliphatic rings. The molecule has 0 aliphatic carbocycles. The molecule has 1 aromatic rings. The Kier molecular flexibility index (Phi) is 8.04. The fraction of sp³-hybridized carbons (Fsp3) is 0.533.